The number of azide groups is 1. The standard InChI is InChI=1S/C21H15F2N9O2/c1-31-20(25-9-26-31)17-18-16-13(21(34)29-28-18)6-12(23)7-14(16)32(8-15(33)27-30-24)19(17)10-2-4-11(22)5-3-10/h2-7,9,17,19H,8H2,1H3,(H,29,34)/t17?,19-/m1/s1. The van der Waals surface area contributed by atoms with Crippen LogP contribution in [0, 0.1) is 11.6 Å². The summed E-state index contributed by atoms with van der Waals surface area (Å²) in [6.45, 7) is -0.439. The first-order valence-corrected chi connectivity index (χ1v) is 10.0. The van der Waals surface area contributed by atoms with Crippen LogP contribution in [-0.2, 0) is 11.8 Å². The third kappa shape index (κ3) is 3.35. The molecule has 11 nitrogen and oxygen atoms in total. The first-order valence-electron chi connectivity index (χ1n) is 10.0. The van der Waals surface area contributed by atoms with Crippen molar-refractivity contribution in [2.45, 2.75) is 12.0 Å². The van der Waals surface area contributed by atoms with E-state index in [9.17, 15) is 18.4 Å². The molecule has 34 heavy (non-hydrogen) atoms. The van der Waals surface area contributed by atoms with Crippen LogP contribution in [-0.4, -0.2) is 37.4 Å². The number of amides is 1. The van der Waals surface area contributed by atoms with Gasteiger partial charge in [0.05, 0.1) is 35.3 Å². The van der Waals surface area contributed by atoms with E-state index in [1.54, 1.807) is 7.05 Å². The number of benzene rings is 2. The van der Waals surface area contributed by atoms with E-state index in [0.29, 0.717) is 22.5 Å². The molecule has 0 spiro atoms. The predicted octanol–water partition coefficient (Wildman–Crippen LogP) is 2.86. The van der Waals surface area contributed by atoms with Crippen molar-refractivity contribution >= 4 is 22.4 Å². The number of hydrogen-bond acceptors (Lipinski definition) is 6. The van der Waals surface area contributed by atoms with Crippen molar-refractivity contribution in [3.63, 3.8) is 0 Å². The second kappa shape index (κ2) is 8.05. The van der Waals surface area contributed by atoms with Gasteiger partial charge in [0.2, 0.25) is 5.91 Å². The molecule has 2 aromatic heterocycles. The first kappa shape index (κ1) is 21.2. The second-order valence-corrected chi connectivity index (χ2v) is 7.71. The molecule has 0 bridgehead atoms. The zero-order valence-electron chi connectivity index (χ0n) is 17.6. The Bertz CT molecular complexity index is 1540. The maximum atomic E-state index is 14.7. The minimum Gasteiger partial charge on any atom is -0.355 e. The first-order chi connectivity index (χ1) is 16.4. The van der Waals surface area contributed by atoms with Crippen LogP contribution >= 0.6 is 0 Å². The molecule has 1 unspecified atom stereocenters. The number of rotatable bonds is 4. The van der Waals surface area contributed by atoms with Gasteiger partial charge in [-0.05, 0) is 40.5 Å². The molecule has 1 amide bonds. The van der Waals surface area contributed by atoms with Crippen molar-refractivity contribution in [2.75, 3.05) is 11.4 Å². The van der Waals surface area contributed by atoms with Gasteiger partial charge in [0.1, 0.15) is 23.8 Å². The second-order valence-electron chi connectivity index (χ2n) is 7.71. The molecule has 1 aliphatic heterocycles. The Hall–Kier alpha value is -4.64. The molecule has 0 saturated carbocycles. The van der Waals surface area contributed by atoms with E-state index in [1.165, 1.54) is 46.2 Å². The van der Waals surface area contributed by atoms with Crippen molar-refractivity contribution in [3.8, 4) is 0 Å². The molecular weight excluding hydrogens is 448 g/mol. The number of halogens is 2. The number of H-pyrrole nitrogens is 1. The highest BCUT2D eigenvalue weighted by Crippen LogP contribution is 2.49. The molecule has 170 valence electrons. The van der Waals surface area contributed by atoms with Gasteiger partial charge in [-0.1, -0.05) is 12.1 Å². The largest absolute Gasteiger partial charge is 0.355 e. The van der Waals surface area contributed by atoms with Crippen molar-refractivity contribution < 1.29 is 13.6 Å². The van der Waals surface area contributed by atoms with Gasteiger partial charge in [0.15, 0.2) is 0 Å². The van der Waals surface area contributed by atoms with Gasteiger partial charge in [-0.2, -0.15) is 10.2 Å². The number of nitrogens with zero attached hydrogens (tertiary/aromatic N) is 8. The van der Waals surface area contributed by atoms with E-state index < -0.39 is 41.6 Å². The van der Waals surface area contributed by atoms with Gasteiger partial charge in [-0.3, -0.25) is 14.3 Å². The van der Waals surface area contributed by atoms with Gasteiger partial charge >= 0.3 is 0 Å². The van der Waals surface area contributed by atoms with Gasteiger partial charge in [-0.25, -0.2) is 18.9 Å². The molecule has 2 aromatic carbocycles. The van der Waals surface area contributed by atoms with Gasteiger partial charge in [-0.15, -0.1) is 0 Å². The van der Waals surface area contributed by atoms with Crippen LogP contribution in [0.25, 0.3) is 21.2 Å². The van der Waals surface area contributed by atoms with Crippen molar-refractivity contribution in [1.82, 2.24) is 25.0 Å². The van der Waals surface area contributed by atoms with E-state index >= 15 is 0 Å². The Morgan fingerprint density at radius 2 is 2.00 bits per heavy atom. The molecule has 13 heteroatoms. The Morgan fingerprint density at radius 3 is 2.68 bits per heavy atom. The smallest absolute Gasteiger partial charge is 0.272 e. The summed E-state index contributed by atoms with van der Waals surface area (Å²) in [7, 11) is 1.67. The minimum atomic E-state index is -0.829. The summed E-state index contributed by atoms with van der Waals surface area (Å²) in [5.74, 6) is -2.28. The van der Waals surface area contributed by atoms with Crippen LogP contribution < -0.4 is 10.5 Å². The number of carbonyl (C=O) groups excluding carboxylic acids is 1. The summed E-state index contributed by atoms with van der Waals surface area (Å²) < 4.78 is 29.9. The van der Waals surface area contributed by atoms with Gasteiger partial charge in [0.25, 0.3) is 5.56 Å². The number of anilines is 1. The van der Waals surface area contributed by atoms with Crippen LogP contribution in [0.3, 0.4) is 0 Å². The molecule has 0 saturated heterocycles. The fourth-order valence-corrected chi connectivity index (χ4v) is 4.49. The SMILES string of the molecule is Cn1ncnc1C1c2n[nH]c(=O)c3cc(F)cc(c23)N(CC(=O)N=[N+]=[N-])[C@@H]1c1ccc(F)cc1. The van der Waals surface area contributed by atoms with Crippen molar-refractivity contribution in [3.05, 3.63) is 92.2 Å². The number of carbonyl (C=O) groups is 1. The number of aromatic nitrogens is 5. The summed E-state index contributed by atoms with van der Waals surface area (Å²) in [4.78, 5) is 33.4. The molecule has 0 fully saturated rings. The fraction of sp³-hybridized carbons (Fsp3) is 0.190. The van der Waals surface area contributed by atoms with Crippen LogP contribution in [0.1, 0.15) is 29.0 Å². The minimum absolute atomic E-state index is 0.0333. The molecule has 4 aromatic rings. The van der Waals surface area contributed by atoms with Gasteiger partial charge in [0, 0.05) is 17.3 Å². The lowest BCUT2D eigenvalue weighted by Crippen LogP contribution is -2.41. The van der Waals surface area contributed by atoms with Gasteiger partial charge < -0.3 is 4.90 Å². The summed E-state index contributed by atoms with van der Waals surface area (Å²) in [5, 5.41) is 14.3. The van der Waals surface area contributed by atoms with E-state index in [-0.39, 0.29) is 11.1 Å². The molecule has 2 atom stereocenters. The highest BCUT2D eigenvalue weighted by Gasteiger charge is 2.42. The monoisotopic (exact) mass is 463 g/mol. The Kier molecular flexibility index (Phi) is 5.02. The molecule has 5 rings (SSSR count). The maximum absolute atomic E-state index is 14.7. The summed E-state index contributed by atoms with van der Waals surface area (Å²) in [5.41, 5.74) is 9.27. The van der Waals surface area contributed by atoms with Crippen molar-refractivity contribution in [2.24, 2.45) is 12.2 Å². The average molecular weight is 463 g/mol. The summed E-state index contributed by atoms with van der Waals surface area (Å²) in [6.07, 6.45) is 1.34. The Balaban J connectivity index is 1.88. The molecular formula is C21H15F2N9O2. The fourth-order valence-electron chi connectivity index (χ4n) is 4.49. The topological polar surface area (TPSA) is 146 Å². The van der Waals surface area contributed by atoms with E-state index in [2.05, 4.69) is 30.3 Å². The lowest BCUT2D eigenvalue weighted by atomic mass is 9.82. The lowest BCUT2D eigenvalue weighted by Gasteiger charge is -2.42. The number of aryl methyl sites for hydroxylation is 1. The maximum Gasteiger partial charge on any atom is 0.272 e. The normalized spacial score (nSPS) is 17.0. The van der Waals surface area contributed by atoms with Crippen molar-refractivity contribution in [1.29, 1.82) is 0 Å². The lowest BCUT2D eigenvalue weighted by molar-refractivity contribution is -0.116. The van der Waals surface area contributed by atoms with Crippen LogP contribution in [0.4, 0.5) is 14.5 Å². The third-order valence-corrected chi connectivity index (χ3v) is 5.81. The summed E-state index contributed by atoms with van der Waals surface area (Å²) >= 11 is 0. The third-order valence-electron chi connectivity index (χ3n) is 5.81. The zero-order valence-corrected chi connectivity index (χ0v) is 17.6. The van der Waals surface area contributed by atoms with Crippen LogP contribution in [0.15, 0.2) is 52.6 Å². The molecule has 3 heterocycles. The van der Waals surface area contributed by atoms with E-state index in [4.69, 9.17) is 5.53 Å². The number of hydrogen-bond donors (Lipinski definition) is 1. The number of nitrogens with one attached hydrogen (secondary N) is 1. The van der Waals surface area contributed by atoms with E-state index in [0.717, 1.165) is 6.07 Å². The summed E-state index contributed by atoms with van der Waals surface area (Å²) in [6, 6.07) is 7.07. The van der Waals surface area contributed by atoms with E-state index in [1.807, 2.05) is 0 Å². The quantitative estimate of drug-likeness (QED) is 0.280. The Morgan fingerprint density at radius 1 is 1.24 bits per heavy atom. The highest BCUT2D eigenvalue weighted by atomic mass is 19.1. The predicted molar refractivity (Wildman–Crippen MR) is 116 cm³/mol. The zero-order chi connectivity index (χ0) is 24.0. The molecule has 0 aliphatic carbocycles. The number of aromatic amines is 1. The average Bonchev–Trinajstić information content (AvgIpc) is 3.23. The molecule has 1 aliphatic rings. The molecule has 0 radical (unpaired) electrons. The van der Waals surface area contributed by atoms with Crippen LogP contribution in [0.5, 0.6) is 0 Å². The molecule has 1 N–H and O–H groups in total. The highest BCUT2D eigenvalue weighted by molar-refractivity contribution is 5.99. The Labute approximate surface area is 189 Å². The van der Waals surface area contributed by atoms with Crippen LogP contribution in [0.2, 0.25) is 0 Å².